The van der Waals surface area contributed by atoms with Gasteiger partial charge in [-0.15, -0.1) is 0 Å². The van der Waals surface area contributed by atoms with E-state index in [1.807, 2.05) is 31.2 Å². The molecule has 4 heteroatoms. The lowest BCUT2D eigenvalue weighted by molar-refractivity contribution is 0.281. The minimum absolute atomic E-state index is 0.0184. The molecule has 0 bridgehead atoms. The van der Waals surface area contributed by atoms with E-state index in [4.69, 9.17) is 9.84 Å². The Hall–Kier alpha value is -1.91. The molecule has 2 N–H and O–H groups in total. The molecule has 112 valence electrons. The molecule has 0 spiro atoms. The van der Waals surface area contributed by atoms with E-state index in [-0.39, 0.29) is 18.5 Å². The monoisotopic (exact) mass is 289 g/mol. The van der Waals surface area contributed by atoms with Crippen molar-refractivity contribution in [1.82, 2.24) is 5.32 Å². The van der Waals surface area contributed by atoms with Gasteiger partial charge in [0.05, 0.1) is 13.7 Å². The first-order chi connectivity index (χ1) is 10.2. The average molecular weight is 289 g/mol. The van der Waals surface area contributed by atoms with Crippen LogP contribution < -0.4 is 10.1 Å². The quantitative estimate of drug-likeness (QED) is 0.858. The maximum Gasteiger partial charge on any atom is 0.131 e. The Kier molecular flexibility index (Phi) is 5.31. The Morgan fingerprint density at radius 2 is 1.90 bits per heavy atom. The van der Waals surface area contributed by atoms with E-state index in [0.29, 0.717) is 17.9 Å². The SMILES string of the molecule is COc1cccc(F)c1C(C)NCc1cccc(CO)c1. The predicted molar refractivity (Wildman–Crippen MR) is 80.6 cm³/mol. The van der Waals surface area contributed by atoms with Crippen LogP contribution in [-0.4, -0.2) is 12.2 Å². The summed E-state index contributed by atoms with van der Waals surface area (Å²) in [4.78, 5) is 0. The molecular formula is C17H20FNO2. The molecule has 2 aromatic rings. The highest BCUT2D eigenvalue weighted by molar-refractivity contribution is 5.37. The number of rotatable bonds is 6. The van der Waals surface area contributed by atoms with E-state index in [9.17, 15) is 4.39 Å². The van der Waals surface area contributed by atoms with Crippen LogP contribution >= 0.6 is 0 Å². The van der Waals surface area contributed by atoms with Gasteiger partial charge in [-0.2, -0.15) is 0 Å². The van der Waals surface area contributed by atoms with Gasteiger partial charge in [0.25, 0.3) is 0 Å². The van der Waals surface area contributed by atoms with Gasteiger partial charge >= 0.3 is 0 Å². The standard InChI is InChI=1S/C17H20FNO2/c1-12(17-15(18)7-4-8-16(17)21-2)19-10-13-5-3-6-14(9-13)11-20/h3-9,12,19-20H,10-11H2,1-2H3. The first-order valence-electron chi connectivity index (χ1n) is 6.90. The summed E-state index contributed by atoms with van der Waals surface area (Å²) in [7, 11) is 1.54. The van der Waals surface area contributed by atoms with E-state index in [1.165, 1.54) is 13.2 Å². The summed E-state index contributed by atoms with van der Waals surface area (Å²) in [5.74, 6) is 0.262. The second kappa shape index (κ2) is 7.20. The van der Waals surface area contributed by atoms with Crippen LogP contribution in [0.15, 0.2) is 42.5 Å². The molecule has 0 fully saturated rings. The zero-order valence-corrected chi connectivity index (χ0v) is 12.3. The van der Waals surface area contributed by atoms with E-state index in [0.717, 1.165) is 11.1 Å². The smallest absolute Gasteiger partial charge is 0.131 e. The Bertz CT molecular complexity index is 601. The maximum absolute atomic E-state index is 14.0. The number of methoxy groups -OCH3 is 1. The molecule has 3 nitrogen and oxygen atoms in total. The molecule has 0 saturated carbocycles. The van der Waals surface area contributed by atoms with Crippen LogP contribution in [0.3, 0.4) is 0 Å². The van der Waals surface area contributed by atoms with E-state index < -0.39 is 0 Å². The number of hydrogen-bond donors (Lipinski definition) is 2. The van der Waals surface area contributed by atoms with Crippen molar-refractivity contribution in [2.24, 2.45) is 0 Å². The number of nitrogens with one attached hydrogen (secondary N) is 1. The number of halogens is 1. The molecule has 0 heterocycles. The molecule has 0 saturated heterocycles. The van der Waals surface area contributed by atoms with Gasteiger partial charge in [0.1, 0.15) is 11.6 Å². The van der Waals surface area contributed by atoms with Crippen LogP contribution in [0.25, 0.3) is 0 Å². The van der Waals surface area contributed by atoms with Crippen molar-refractivity contribution in [3.8, 4) is 5.75 Å². The Morgan fingerprint density at radius 1 is 1.19 bits per heavy atom. The van der Waals surface area contributed by atoms with Gasteiger partial charge in [0.15, 0.2) is 0 Å². The van der Waals surface area contributed by atoms with Crippen LogP contribution in [0.2, 0.25) is 0 Å². The van der Waals surface area contributed by atoms with Gasteiger partial charge in [-0.1, -0.05) is 30.3 Å². The fourth-order valence-corrected chi connectivity index (χ4v) is 2.33. The summed E-state index contributed by atoms with van der Waals surface area (Å²) in [6.07, 6.45) is 0. The molecule has 0 aliphatic rings. The van der Waals surface area contributed by atoms with Gasteiger partial charge in [-0.3, -0.25) is 0 Å². The average Bonchev–Trinajstić information content (AvgIpc) is 2.52. The van der Waals surface area contributed by atoms with Crippen molar-refractivity contribution >= 4 is 0 Å². The van der Waals surface area contributed by atoms with Gasteiger partial charge in [-0.05, 0) is 30.2 Å². The van der Waals surface area contributed by atoms with Crippen molar-refractivity contribution in [2.45, 2.75) is 26.1 Å². The lowest BCUT2D eigenvalue weighted by Crippen LogP contribution is -2.20. The first-order valence-corrected chi connectivity index (χ1v) is 6.90. The van der Waals surface area contributed by atoms with Crippen LogP contribution in [0.4, 0.5) is 4.39 Å². The molecule has 21 heavy (non-hydrogen) atoms. The van der Waals surface area contributed by atoms with Crippen LogP contribution in [-0.2, 0) is 13.2 Å². The maximum atomic E-state index is 14.0. The van der Waals surface area contributed by atoms with Crippen molar-refractivity contribution in [2.75, 3.05) is 7.11 Å². The number of benzene rings is 2. The molecule has 0 aliphatic carbocycles. The Labute approximate surface area is 124 Å². The summed E-state index contributed by atoms with van der Waals surface area (Å²) in [6.45, 7) is 2.51. The minimum atomic E-state index is -0.279. The van der Waals surface area contributed by atoms with Crippen molar-refractivity contribution < 1.29 is 14.2 Å². The zero-order valence-electron chi connectivity index (χ0n) is 12.3. The molecule has 2 aromatic carbocycles. The van der Waals surface area contributed by atoms with Crippen molar-refractivity contribution in [3.63, 3.8) is 0 Å². The lowest BCUT2D eigenvalue weighted by atomic mass is 10.1. The molecule has 1 atom stereocenters. The third-order valence-electron chi connectivity index (χ3n) is 3.45. The van der Waals surface area contributed by atoms with Crippen LogP contribution in [0, 0.1) is 5.82 Å². The fourth-order valence-electron chi connectivity index (χ4n) is 2.33. The second-order valence-corrected chi connectivity index (χ2v) is 4.94. The third-order valence-corrected chi connectivity index (χ3v) is 3.45. The van der Waals surface area contributed by atoms with Gasteiger partial charge < -0.3 is 15.2 Å². The number of ether oxygens (including phenoxy) is 1. The molecular weight excluding hydrogens is 269 g/mol. The molecule has 0 amide bonds. The van der Waals surface area contributed by atoms with Crippen molar-refractivity contribution in [3.05, 3.63) is 65.0 Å². The highest BCUT2D eigenvalue weighted by atomic mass is 19.1. The van der Waals surface area contributed by atoms with Crippen molar-refractivity contribution in [1.29, 1.82) is 0 Å². The van der Waals surface area contributed by atoms with Gasteiger partial charge in [-0.25, -0.2) is 4.39 Å². The summed E-state index contributed by atoms with van der Waals surface area (Å²) >= 11 is 0. The molecule has 0 radical (unpaired) electrons. The zero-order chi connectivity index (χ0) is 15.2. The minimum Gasteiger partial charge on any atom is -0.496 e. The van der Waals surface area contributed by atoms with Crippen LogP contribution in [0.1, 0.15) is 29.7 Å². The topological polar surface area (TPSA) is 41.5 Å². The predicted octanol–water partition coefficient (Wildman–Crippen LogP) is 3.18. The Morgan fingerprint density at radius 3 is 2.62 bits per heavy atom. The van der Waals surface area contributed by atoms with E-state index in [2.05, 4.69) is 5.32 Å². The highest BCUT2D eigenvalue weighted by Gasteiger charge is 2.15. The van der Waals surface area contributed by atoms with E-state index >= 15 is 0 Å². The fraction of sp³-hybridized carbons (Fsp3) is 0.294. The molecule has 2 rings (SSSR count). The second-order valence-electron chi connectivity index (χ2n) is 4.94. The molecule has 1 unspecified atom stereocenters. The van der Waals surface area contributed by atoms with E-state index in [1.54, 1.807) is 12.1 Å². The third kappa shape index (κ3) is 3.80. The summed E-state index contributed by atoms with van der Waals surface area (Å²) < 4.78 is 19.2. The highest BCUT2D eigenvalue weighted by Crippen LogP contribution is 2.27. The number of aliphatic hydroxyl groups is 1. The summed E-state index contributed by atoms with van der Waals surface area (Å²) in [5, 5.41) is 12.4. The lowest BCUT2D eigenvalue weighted by Gasteiger charge is -2.18. The Balaban J connectivity index is 2.09. The number of aliphatic hydroxyl groups excluding tert-OH is 1. The van der Waals surface area contributed by atoms with Gasteiger partial charge in [0, 0.05) is 18.2 Å². The summed E-state index contributed by atoms with van der Waals surface area (Å²) in [6, 6.07) is 12.3. The van der Waals surface area contributed by atoms with Crippen LogP contribution in [0.5, 0.6) is 5.75 Å². The summed E-state index contributed by atoms with van der Waals surface area (Å²) in [5.41, 5.74) is 2.44. The largest absolute Gasteiger partial charge is 0.496 e. The molecule has 0 aliphatic heterocycles. The van der Waals surface area contributed by atoms with Gasteiger partial charge in [0.2, 0.25) is 0 Å². The number of hydrogen-bond acceptors (Lipinski definition) is 3. The first kappa shape index (κ1) is 15.5. The molecule has 0 aromatic heterocycles. The normalized spacial score (nSPS) is 12.2.